The third kappa shape index (κ3) is 4.81. The molecule has 3 aliphatic heterocycles. The van der Waals surface area contributed by atoms with Crippen LogP contribution in [0.4, 0.5) is 4.79 Å². The van der Waals surface area contributed by atoms with Crippen molar-refractivity contribution in [2.75, 3.05) is 26.9 Å². The number of ether oxygens (including phenoxy) is 3. The molecule has 0 radical (unpaired) electrons. The Kier molecular flexibility index (Phi) is 8.33. The van der Waals surface area contributed by atoms with Crippen LogP contribution in [-0.2, 0) is 23.8 Å². The number of esters is 1. The Morgan fingerprint density at radius 1 is 1.21 bits per heavy atom. The van der Waals surface area contributed by atoms with E-state index in [1.807, 2.05) is 13.0 Å². The van der Waals surface area contributed by atoms with Crippen molar-refractivity contribution in [2.45, 2.75) is 57.3 Å². The van der Waals surface area contributed by atoms with E-state index in [1.165, 1.54) is 17.1 Å². The maximum Gasteiger partial charge on any atom is 0.410 e. The summed E-state index contributed by atoms with van der Waals surface area (Å²) < 4.78 is 15.9. The molecule has 0 aliphatic carbocycles. The van der Waals surface area contributed by atoms with Gasteiger partial charge in [-0.25, -0.2) is 9.59 Å². The lowest BCUT2D eigenvalue weighted by molar-refractivity contribution is -0.162. The van der Waals surface area contributed by atoms with Crippen molar-refractivity contribution in [2.24, 2.45) is 5.92 Å². The number of β-lactam (4-membered cyclic amide) rings is 1. The van der Waals surface area contributed by atoms with E-state index in [0.29, 0.717) is 25.0 Å². The number of hydrogen-bond donors (Lipinski definition) is 1. The molecule has 186 valence electrons. The van der Waals surface area contributed by atoms with E-state index >= 15 is 0 Å². The molecule has 5 atom stereocenters. The summed E-state index contributed by atoms with van der Waals surface area (Å²) in [6.45, 7) is 11.1. The van der Waals surface area contributed by atoms with Gasteiger partial charge in [0.25, 0.3) is 0 Å². The molecule has 2 fully saturated rings. The Bertz CT molecular complexity index is 907. The van der Waals surface area contributed by atoms with Crippen LogP contribution in [0.3, 0.4) is 0 Å². The van der Waals surface area contributed by atoms with Gasteiger partial charge in [0, 0.05) is 7.11 Å². The summed E-state index contributed by atoms with van der Waals surface area (Å²) in [4.78, 5) is 41.5. The zero-order valence-corrected chi connectivity index (χ0v) is 20.1. The highest BCUT2D eigenvalue weighted by Crippen LogP contribution is 2.46. The minimum Gasteiger partial charge on any atom is -0.457 e. The van der Waals surface area contributed by atoms with Gasteiger partial charge in [0.2, 0.25) is 5.91 Å². The number of hydrogen-bond acceptors (Lipinski definition) is 7. The Labute approximate surface area is 200 Å². The first-order valence-corrected chi connectivity index (χ1v) is 11.5. The number of carbonyl (C=O) groups is 3. The van der Waals surface area contributed by atoms with Crippen LogP contribution in [-0.4, -0.2) is 84.0 Å². The first-order valence-electron chi connectivity index (χ1n) is 11.5. The number of carbonyl (C=O) groups excluding carboxylic acids is 3. The van der Waals surface area contributed by atoms with Crippen LogP contribution >= 0.6 is 0 Å². The molecule has 3 heterocycles. The molecule has 1 N–H and O–H groups in total. The predicted molar refractivity (Wildman–Crippen MR) is 124 cm³/mol. The molecule has 0 aromatic heterocycles. The quantitative estimate of drug-likeness (QED) is 0.294. The van der Waals surface area contributed by atoms with Crippen molar-refractivity contribution in [3.05, 3.63) is 48.2 Å². The van der Waals surface area contributed by atoms with Crippen molar-refractivity contribution in [1.82, 2.24) is 9.80 Å². The molecule has 0 saturated carbocycles. The SMILES string of the molecule is C=CCOC(=O)C1=C(C(C)=CC2CCC(COC)N2C(=O)OCC=C)C[C@@H]2[C@@H]([C@@H](C)O)C(=O)N12. The van der Waals surface area contributed by atoms with E-state index in [4.69, 9.17) is 14.2 Å². The molecule has 3 rings (SSSR count). The van der Waals surface area contributed by atoms with Crippen molar-refractivity contribution in [1.29, 1.82) is 0 Å². The molecule has 9 nitrogen and oxygen atoms in total. The zero-order valence-electron chi connectivity index (χ0n) is 20.1. The number of nitrogens with zero attached hydrogens (tertiary/aromatic N) is 2. The molecule has 2 amide bonds. The zero-order chi connectivity index (χ0) is 25.0. The van der Waals surface area contributed by atoms with Gasteiger partial charge < -0.3 is 24.2 Å². The average molecular weight is 475 g/mol. The molecular formula is C25H34N2O7. The van der Waals surface area contributed by atoms with Crippen molar-refractivity contribution < 1.29 is 33.7 Å². The Balaban J connectivity index is 1.92. The molecule has 2 unspecified atom stereocenters. The van der Waals surface area contributed by atoms with Crippen LogP contribution in [0.2, 0.25) is 0 Å². The highest BCUT2D eigenvalue weighted by Gasteiger charge is 2.57. The smallest absolute Gasteiger partial charge is 0.410 e. The second kappa shape index (κ2) is 11.0. The number of rotatable bonds is 10. The number of amides is 2. The van der Waals surface area contributed by atoms with Crippen molar-refractivity contribution >= 4 is 18.0 Å². The lowest BCUT2D eigenvalue weighted by Gasteiger charge is -2.44. The number of fused-ring (bicyclic) bond motifs is 1. The van der Waals surface area contributed by atoms with Crippen molar-refractivity contribution in [3.63, 3.8) is 0 Å². The van der Waals surface area contributed by atoms with E-state index in [2.05, 4.69) is 13.2 Å². The molecule has 0 spiro atoms. The van der Waals surface area contributed by atoms with Gasteiger partial charge in [-0.3, -0.25) is 9.69 Å². The first kappa shape index (κ1) is 25.7. The summed E-state index contributed by atoms with van der Waals surface area (Å²) in [5, 5.41) is 10.1. The van der Waals surface area contributed by atoms with Crippen LogP contribution in [0.1, 0.15) is 33.1 Å². The second-order valence-electron chi connectivity index (χ2n) is 8.84. The van der Waals surface area contributed by atoms with Gasteiger partial charge in [0.1, 0.15) is 18.9 Å². The average Bonchev–Trinajstić information content (AvgIpc) is 3.34. The summed E-state index contributed by atoms with van der Waals surface area (Å²) in [5.41, 5.74) is 1.67. The van der Waals surface area contributed by atoms with Gasteiger partial charge in [-0.2, -0.15) is 0 Å². The van der Waals surface area contributed by atoms with Crippen LogP contribution in [0.5, 0.6) is 0 Å². The van der Waals surface area contributed by atoms with Crippen LogP contribution < -0.4 is 0 Å². The van der Waals surface area contributed by atoms with Gasteiger partial charge in [0.05, 0.1) is 36.8 Å². The Morgan fingerprint density at radius 2 is 1.88 bits per heavy atom. The standard InChI is InChI=1S/C25H34N2O7/c1-6-10-33-24(30)22-19(13-20-21(16(4)28)23(29)27(20)22)15(3)12-17-8-9-18(14-32-5)26(17)25(31)34-11-7-2/h6-7,12,16-18,20-21,28H,1-2,8-11,13-14H2,3-5H3/t16-,17?,18?,20-,21-/m1/s1. The molecule has 2 saturated heterocycles. The van der Waals surface area contributed by atoms with E-state index in [9.17, 15) is 19.5 Å². The number of aliphatic hydroxyl groups excluding tert-OH is 1. The summed E-state index contributed by atoms with van der Waals surface area (Å²) >= 11 is 0. The van der Waals surface area contributed by atoms with E-state index in [-0.39, 0.29) is 42.9 Å². The Morgan fingerprint density at radius 3 is 2.50 bits per heavy atom. The summed E-state index contributed by atoms with van der Waals surface area (Å²) in [5.74, 6) is -1.45. The largest absolute Gasteiger partial charge is 0.457 e. The maximum absolute atomic E-state index is 12.9. The molecule has 34 heavy (non-hydrogen) atoms. The first-order chi connectivity index (χ1) is 16.3. The topological polar surface area (TPSA) is 106 Å². The van der Waals surface area contributed by atoms with E-state index in [1.54, 1.807) is 18.9 Å². The van der Waals surface area contributed by atoms with Gasteiger partial charge in [0.15, 0.2) is 0 Å². The van der Waals surface area contributed by atoms with E-state index < -0.39 is 24.1 Å². The number of methoxy groups -OCH3 is 1. The fraction of sp³-hybridized carbons (Fsp3) is 0.560. The van der Waals surface area contributed by atoms with Gasteiger partial charge >= 0.3 is 12.1 Å². The minimum absolute atomic E-state index is 0.0230. The lowest BCUT2D eigenvalue weighted by atomic mass is 9.82. The maximum atomic E-state index is 12.9. The fourth-order valence-electron chi connectivity index (χ4n) is 5.12. The van der Waals surface area contributed by atoms with Gasteiger partial charge in [-0.05, 0) is 44.3 Å². The van der Waals surface area contributed by atoms with Gasteiger partial charge in [-0.1, -0.05) is 31.4 Å². The molecule has 0 aromatic carbocycles. The van der Waals surface area contributed by atoms with E-state index in [0.717, 1.165) is 12.0 Å². The highest BCUT2D eigenvalue weighted by atomic mass is 16.6. The normalized spacial score (nSPS) is 27.3. The minimum atomic E-state index is -0.817. The summed E-state index contributed by atoms with van der Waals surface area (Å²) in [6, 6.07) is -0.686. The van der Waals surface area contributed by atoms with Crippen LogP contribution in [0.15, 0.2) is 48.2 Å². The highest BCUT2D eigenvalue weighted by molar-refractivity contribution is 6.01. The van der Waals surface area contributed by atoms with Crippen LogP contribution in [0, 0.1) is 5.92 Å². The molecule has 0 bridgehead atoms. The predicted octanol–water partition coefficient (Wildman–Crippen LogP) is 2.33. The number of likely N-dealkylation sites (tertiary alicyclic amines) is 1. The van der Waals surface area contributed by atoms with Crippen molar-refractivity contribution in [3.8, 4) is 0 Å². The van der Waals surface area contributed by atoms with Crippen LogP contribution in [0.25, 0.3) is 0 Å². The summed E-state index contributed by atoms with van der Waals surface area (Å²) in [6.07, 6.45) is 5.53. The molecular weight excluding hydrogens is 440 g/mol. The lowest BCUT2D eigenvalue weighted by Crippen LogP contribution is -2.61. The monoisotopic (exact) mass is 474 g/mol. The number of aliphatic hydroxyl groups is 1. The molecule has 3 aliphatic rings. The number of allylic oxidation sites excluding steroid dienone is 1. The molecule has 0 aromatic rings. The second-order valence-corrected chi connectivity index (χ2v) is 8.84. The van der Waals surface area contributed by atoms with Gasteiger partial charge in [-0.15, -0.1) is 0 Å². The third-order valence-electron chi connectivity index (χ3n) is 6.61. The summed E-state index contributed by atoms with van der Waals surface area (Å²) in [7, 11) is 1.59. The Hall–Kier alpha value is -2.91. The third-order valence-corrected chi connectivity index (χ3v) is 6.61. The molecule has 9 heteroatoms. The fourth-order valence-corrected chi connectivity index (χ4v) is 5.12.